The average molecular weight is 350 g/mol. The molecule has 0 radical (unpaired) electrons. The molecule has 0 aliphatic heterocycles. The maximum atomic E-state index is 12.8. The van der Waals surface area contributed by atoms with Crippen LogP contribution in [0.15, 0.2) is 22.7 Å². The molecule has 1 saturated carbocycles. The molecule has 1 aromatic rings. The van der Waals surface area contributed by atoms with Gasteiger partial charge < -0.3 is 5.32 Å². The molecule has 0 heterocycles. The molecule has 0 aromatic heterocycles. The van der Waals surface area contributed by atoms with E-state index in [0.717, 1.165) is 31.6 Å². The summed E-state index contributed by atoms with van der Waals surface area (Å²) in [6, 6.07) is 4.64. The number of rotatable bonds is 3. The lowest BCUT2D eigenvalue weighted by atomic mass is 9.84. The van der Waals surface area contributed by atoms with Gasteiger partial charge in [0.1, 0.15) is 0 Å². The van der Waals surface area contributed by atoms with Crippen molar-refractivity contribution >= 4 is 21.6 Å². The van der Waals surface area contributed by atoms with Crippen LogP contribution in [-0.4, -0.2) is 6.04 Å². The number of nitrogens with one attached hydrogen (secondary N) is 1. The van der Waals surface area contributed by atoms with Gasteiger partial charge in [-0.2, -0.15) is 13.2 Å². The van der Waals surface area contributed by atoms with Crippen LogP contribution in [0.3, 0.4) is 0 Å². The number of benzene rings is 1. The molecule has 112 valence electrons. The van der Waals surface area contributed by atoms with Crippen molar-refractivity contribution in [2.45, 2.75) is 51.2 Å². The predicted molar refractivity (Wildman–Crippen MR) is 78.8 cm³/mol. The highest BCUT2D eigenvalue weighted by molar-refractivity contribution is 9.10. The lowest BCUT2D eigenvalue weighted by Crippen LogP contribution is -2.26. The van der Waals surface area contributed by atoms with Crippen LogP contribution in [0, 0.1) is 5.92 Å². The summed E-state index contributed by atoms with van der Waals surface area (Å²) in [6.07, 6.45) is 1.28. The second-order valence-electron chi connectivity index (χ2n) is 5.46. The van der Waals surface area contributed by atoms with Crippen molar-refractivity contribution in [1.29, 1.82) is 0 Å². The average Bonchev–Trinajstić information content (AvgIpc) is 2.40. The minimum Gasteiger partial charge on any atom is -0.382 e. The van der Waals surface area contributed by atoms with Crippen LogP contribution < -0.4 is 5.32 Å². The number of alkyl halides is 3. The van der Waals surface area contributed by atoms with Crippen molar-refractivity contribution in [2.75, 3.05) is 5.32 Å². The Balaban J connectivity index is 2.04. The van der Waals surface area contributed by atoms with E-state index in [-0.39, 0.29) is 4.47 Å². The van der Waals surface area contributed by atoms with Crippen LogP contribution in [0.4, 0.5) is 18.9 Å². The summed E-state index contributed by atoms with van der Waals surface area (Å²) in [5, 5.41) is 3.24. The fraction of sp³-hybridized carbons (Fsp3) is 0.600. The summed E-state index contributed by atoms with van der Waals surface area (Å²) in [4.78, 5) is 0. The van der Waals surface area contributed by atoms with Crippen LogP contribution >= 0.6 is 15.9 Å². The van der Waals surface area contributed by atoms with Gasteiger partial charge in [0.15, 0.2) is 0 Å². The highest BCUT2D eigenvalue weighted by Gasteiger charge is 2.33. The van der Waals surface area contributed by atoms with Gasteiger partial charge in [0.05, 0.1) is 5.56 Å². The third-order valence-corrected chi connectivity index (χ3v) is 4.76. The van der Waals surface area contributed by atoms with Crippen molar-refractivity contribution in [3.8, 4) is 0 Å². The molecule has 0 amide bonds. The van der Waals surface area contributed by atoms with E-state index < -0.39 is 11.7 Å². The molecule has 1 aliphatic carbocycles. The Kier molecular flexibility index (Phi) is 4.99. The van der Waals surface area contributed by atoms with Crippen molar-refractivity contribution < 1.29 is 13.2 Å². The summed E-state index contributed by atoms with van der Waals surface area (Å²) in [7, 11) is 0. The first-order valence-corrected chi connectivity index (χ1v) is 7.82. The molecule has 0 unspecified atom stereocenters. The molecule has 0 spiro atoms. The molecule has 0 saturated heterocycles. The Bertz CT molecular complexity index is 451. The Morgan fingerprint density at radius 1 is 1.20 bits per heavy atom. The second kappa shape index (κ2) is 6.37. The monoisotopic (exact) mass is 349 g/mol. The lowest BCUT2D eigenvalue weighted by Gasteiger charge is -2.29. The Morgan fingerprint density at radius 2 is 1.85 bits per heavy atom. The van der Waals surface area contributed by atoms with Crippen LogP contribution in [-0.2, 0) is 6.18 Å². The molecule has 0 atom stereocenters. The van der Waals surface area contributed by atoms with E-state index in [9.17, 15) is 13.2 Å². The van der Waals surface area contributed by atoms with Crippen molar-refractivity contribution in [1.82, 2.24) is 0 Å². The highest BCUT2D eigenvalue weighted by atomic mass is 79.9. The van der Waals surface area contributed by atoms with Crippen molar-refractivity contribution in [3.63, 3.8) is 0 Å². The number of hydrogen-bond acceptors (Lipinski definition) is 1. The first kappa shape index (κ1) is 15.7. The zero-order valence-corrected chi connectivity index (χ0v) is 13.0. The Morgan fingerprint density at radius 3 is 2.40 bits per heavy atom. The van der Waals surface area contributed by atoms with Crippen molar-refractivity contribution in [3.05, 3.63) is 28.2 Å². The largest absolute Gasteiger partial charge is 0.417 e. The van der Waals surface area contributed by atoms with E-state index in [1.165, 1.54) is 18.6 Å². The normalized spacial score (nSPS) is 23.6. The molecule has 20 heavy (non-hydrogen) atoms. The first-order valence-electron chi connectivity index (χ1n) is 7.03. The van der Waals surface area contributed by atoms with Gasteiger partial charge in [-0.15, -0.1) is 0 Å². The molecule has 1 fully saturated rings. The van der Waals surface area contributed by atoms with E-state index in [1.54, 1.807) is 6.07 Å². The molecular weight excluding hydrogens is 331 g/mol. The van der Waals surface area contributed by atoms with E-state index in [2.05, 4.69) is 28.2 Å². The Hall–Kier alpha value is -0.710. The van der Waals surface area contributed by atoms with Gasteiger partial charge in [0.2, 0.25) is 0 Å². The number of anilines is 1. The number of halogens is 4. The summed E-state index contributed by atoms with van der Waals surface area (Å²) in [5.74, 6) is 0.781. The van der Waals surface area contributed by atoms with Gasteiger partial charge >= 0.3 is 6.18 Å². The second-order valence-corrected chi connectivity index (χ2v) is 6.32. The predicted octanol–water partition coefficient (Wildman–Crippen LogP) is 5.85. The summed E-state index contributed by atoms with van der Waals surface area (Å²) in [5.41, 5.74) is -0.0646. The molecule has 1 nitrogen and oxygen atoms in total. The van der Waals surface area contributed by atoms with E-state index in [0.29, 0.717) is 11.7 Å². The fourth-order valence-electron chi connectivity index (χ4n) is 2.78. The third-order valence-electron chi connectivity index (χ3n) is 4.07. The van der Waals surface area contributed by atoms with Crippen LogP contribution in [0.5, 0.6) is 0 Å². The summed E-state index contributed by atoms with van der Waals surface area (Å²) in [6.45, 7) is 2.20. The minimum atomic E-state index is -4.32. The molecule has 5 heteroatoms. The highest BCUT2D eigenvalue weighted by Crippen LogP contribution is 2.37. The smallest absolute Gasteiger partial charge is 0.382 e. The van der Waals surface area contributed by atoms with E-state index in [1.807, 2.05) is 0 Å². The molecular formula is C15H19BrF3N. The molecule has 1 aromatic carbocycles. The maximum absolute atomic E-state index is 12.8. The van der Waals surface area contributed by atoms with E-state index in [4.69, 9.17) is 0 Å². The molecule has 2 rings (SSSR count). The van der Waals surface area contributed by atoms with Gasteiger partial charge in [-0.3, -0.25) is 0 Å². The third kappa shape index (κ3) is 3.90. The summed E-state index contributed by atoms with van der Waals surface area (Å²) < 4.78 is 38.6. The van der Waals surface area contributed by atoms with Crippen LogP contribution in [0.25, 0.3) is 0 Å². The Labute approximate surface area is 126 Å². The molecule has 1 aliphatic rings. The first-order chi connectivity index (χ1) is 9.40. The molecule has 0 bridgehead atoms. The topological polar surface area (TPSA) is 12.0 Å². The quantitative estimate of drug-likeness (QED) is 0.721. The van der Waals surface area contributed by atoms with Gasteiger partial charge in [0, 0.05) is 16.2 Å². The SMILES string of the molecule is CCC1CCC(Nc2ccc(Br)c(C(F)(F)F)c2)CC1. The van der Waals surface area contributed by atoms with Gasteiger partial charge in [-0.05, 0) is 49.8 Å². The fourth-order valence-corrected chi connectivity index (χ4v) is 3.25. The summed E-state index contributed by atoms with van der Waals surface area (Å²) >= 11 is 2.96. The zero-order valence-electron chi connectivity index (χ0n) is 11.4. The number of hydrogen-bond donors (Lipinski definition) is 1. The van der Waals surface area contributed by atoms with Crippen LogP contribution in [0.2, 0.25) is 0 Å². The lowest BCUT2D eigenvalue weighted by molar-refractivity contribution is -0.138. The maximum Gasteiger partial charge on any atom is 0.417 e. The standard InChI is InChI=1S/C15H19BrF3N/c1-2-10-3-5-11(6-4-10)20-12-7-8-14(16)13(9-12)15(17,18)19/h7-11,20H,2-6H2,1H3. The zero-order chi connectivity index (χ0) is 14.8. The van der Waals surface area contributed by atoms with Gasteiger partial charge in [-0.25, -0.2) is 0 Å². The molecule has 1 N–H and O–H groups in total. The van der Waals surface area contributed by atoms with Crippen LogP contribution in [0.1, 0.15) is 44.6 Å². The van der Waals surface area contributed by atoms with Gasteiger partial charge in [0.25, 0.3) is 0 Å². The van der Waals surface area contributed by atoms with E-state index >= 15 is 0 Å². The minimum absolute atomic E-state index is 0.0882. The van der Waals surface area contributed by atoms with Gasteiger partial charge in [-0.1, -0.05) is 29.3 Å². The van der Waals surface area contributed by atoms with Crippen molar-refractivity contribution in [2.24, 2.45) is 5.92 Å².